The molecule has 1 rings (SSSR count). The zero-order valence-corrected chi connectivity index (χ0v) is 7.80. The number of nitrogens with one attached hydrogen (secondary N) is 1. The van der Waals surface area contributed by atoms with Gasteiger partial charge in [0, 0.05) is 6.54 Å². The Morgan fingerprint density at radius 2 is 2.54 bits per heavy atom. The highest BCUT2D eigenvalue weighted by Crippen LogP contribution is 2.23. The van der Waals surface area contributed by atoms with Crippen molar-refractivity contribution < 1.29 is 9.90 Å². The second kappa shape index (κ2) is 4.34. The van der Waals surface area contributed by atoms with Crippen LogP contribution in [0.3, 0.4) is 0 Å². The summed E-state index contributed by atoms with van der Waals surface area (Å²) >= 11 is 4.62. The van der Waals surface area contributed by atoms with Crippen LogP contribution in [0.4, 0.5) is 0 Å². The maximum absolute atomic E-state index is 10.8. The quantitative estimate of drug-likeness (QED) is 0.322. The monoisotopic (exact) mass is 201 g/mol. The Bertz CT molecular complexity index is 262. The fraction of sp³-hybridized carbons (Fsp3) is 0.571. The van der Waals surface area contributed by atoms with Crippen LogP contribution in [0.2, 0.25) is 0 Å². The minimum atomic E-state index is -0.882. The Morgan fingerprint density at radius 1 is 1.85 bits per heavy atom. The van der Waals surface area contributed by atoms with Gasteiger partial charge in [0.05, 0.1) is 5.70 Å². The Morgan fingerprint density at radius 3 is 3.00 bits per heavy atom. The molecule has 0 spiro atoms. The lowest BCUT2D eigenvalue weighted by Gasteiger charge is -2.32. The number of carboxylic acids is 1. The highest BCUT2D eigenvalue weighted by Gasteiger charge is 2.30. The number of hydrazine groups is 2. The van der Waals surface area contributed by atoms with E-state index in [9.17, 15) is 4.79 Å². The Kier molecular flexibility index (Phi) is 3.39. The van der Waals surface area contributed by atoms with Crippen LogP contribution in [0, 0.1) is 5.92 Å². The number of nitrogens with zero attached hydrogens (tertiary/aromatic N) is 1. The van der Waals surface area contributed by atoms with Gasteiger partial charge in [-0.15, -0.1) is 0 Å². The van der Waals surface area contributed by atoms with E-state index in [0.717, 1.165) is 6.42 Å². The standard InChI is InChI=1S/C7H11N3O2S/c8-9-10-3-1-2-5(7(11)12)6(10)4-13/h5,9H,1-3,8H2,(H,11,12). The van der Waals surface area contributed by atoms with Gasteiger partial charge in [-0.1, -0.05) is 0 Å². The lowest BCUT2D eigenvalue weighted by atomic mass is 9.96. The van der Waals surface area contributed by atoms with Gasteiger partial charge in [-0.25, -0.2) is 0 Å². The largest absolute Gasteiger partial charge is 0.481 e. The van der Waals surface area contributed by atoms with Crippen LogP contribution >= 0.6 is 12.2 Å². The lowest BCUT2D eigenvalue weighted by molar-refractivity contribution is -0.142. The van der Waals surface area contributed by atoms with Crippen molar-refractivity contribution >= 4 is 23.2 Å². The molecular formula is C7H11N3O2S. The molecule has 1 atom stereocenters. The highest BCUT2D eigenvalue weighted by molar-refractivity contribution is 7.78. The molecule has 0 amide bonds. The topological polar surface area (TPSA) is 78.6 Å². The third-order valence-corrected chi connectivity index (χ3v) is 2.26. The first-order valence-corrected chi connectivity index (χ1v) is 4.33. The molecule has 1 saturated heterocycles. The van der Waals surface area contributed by atoms with E-state index in [1.54, 1.807) is 0 Å². The van der Waals surface area contributed by atoms with Crippen molar-refractivity contribution in [3.63, 3.8) is 0 Å². The molecule has 5 nitrogen and oxygen atoms in total. The maximum atomic E-state index is 10.8. The van der Waals surface area contributed by atoms with Crippen molar-refractivity contribution in [1.29, 1.82) is 0 Å². The SMILES string of the molecule is NNN1CCCC(C(=O)O)C1=C=S. The van der Waals surface area contributed by atoms with Crippen molar-refractivity contribution in [3.05, 3.63) is 5.70 Å². The van der Waals surface area contributed by atoms with Crippen LogP contribution in [0.5, 0.6) is 0 Å². The van der Waals surface area contributed by atoms with Gasteiger partial charge in [0.1, 0.15) is 5.92 Å². The summed E-state index contributed by atoms with van der Waals surface area (Å²) in [6.07, 6.45) is 1.37. The average molecular weight is 201 g/mol. The summed E-state index contributed by atoms with van der Waals surface area (Å²) in [6.45, 7) is 0.666. The summed E-state index contributed by atoms with van der Waals surface area (Å²) in [5, 5.41) is 12.8. The molecule has 0 aliphatic carbocycles. The van der Waals surface area contributed by atoms with E-state index in [-0.39, 0.29) is 0 Å². The van der Waals surface area contributed by atoms with E-state index < -0.39 is 11.9 Å². The molecule has 1 fully saturated rings. The molecule has 6 heteroatoms. The molecule has 4 N–H and O–H groups in total. The van der Waals surface area contributed by atoms with Crippen molar-refractivity contribution in [2.75, 3.05) is 6.54 Å². The Balaban J connectivity index is 2.86. The fourth-order valence-electron chi connectivity index (χ4n) is 1.40. The van der Waals surface area contributed by atoms with Crippen LogP contribution < -0.4 is 11.4 Å². The summed E-state index contributed by atoms with van der Waals surface area (Å²) in [7, 11) is 0. The first-order valence-electron chi connectivity index (χ1n) is 3.92. The molecule has 0 aromatic rings. The zero-order chi connectivity index (χ0) is 9.84. The molecule has 0 bridgehead atoms. The van der Waals surface area contributed by atoms with Crippen LogP contribution in [0.25, 0.3) is 0 Å². The number of carbonyl (C=O) groups is 1. The van der Waals surface area contributed by atoms with Crippen molar-refractivity contribution in [2.24, 2.45) is 11.8 Å². The lowest BCUT2D eigenvalue weighted by Crippen LogP contribution is -2.48. The molecule has 1 aliphatic heterocycles. The molecular weight excluding hydrogens is 190 g/mol. The molecule has 1 heterocycles. The van der Waals surface area contributed by atoms with E-state index in [2.05, 4.69) is 22.8 Å². The number of hydrogen-bond donors (Lipinski definition) is 3. The molecule has 72 valence electrons. The molecule has 1 unspecified atom stereocenters. The Hall–Kier alpha value is -0.940. The summed E-state index contributed by atoms with van der Waals surface area (Å²) in [5.41, 5.74) is 2.83. The first kappa shape index (κ1) is 10.1. The van der Waals surface area contributed by atoms with Gasteiger partial charge in [-0.05, 0) is 30.1 Å². The van der Waals surface area contributed by atoms with Crippen molar-refractivity contribution in [1.82, 2.24) is 10.5 Å². The summed E-state index contributed by atoms with van der Waals surface area (Å²) in [6, 6.07) is 0. The van der Waals surface area contributed by atoms with Crippen molar-refractivity contribution in [3.8, 4) is 0 Å². The summed E-state index contributed by atoms with van der Waals surface area (Å²) in [4.78, 5) is 10.8. The minimum absolute atomic E-state index is 0.441. The van der Waals surface area contributed by atoms with Gasteiger partial charge in [-0.3, -0.25) is 15.6 Å². The third-order valence-electron chi connectivity index (χ3n) is 2.05. The predicted molar refractivity (Wildman–Crippen MR) is 50.5 cm³/mol. The van der Waals surface area contributed by atoms with Gasteiger partial charge in [0.2, 0.25) is 0 Å². The van der Waals surface area contributed by atoms with Crippen molar-refractivity contribution in [2.45, 2.75) is 12.8 Å². The number of nitrogens with two attached hydrogens (primary N) is 1. The Labute approximate surface area is 81.1 Å². The van der Waals surface area contributed by atoms with Gasteiger partial charge >= 0.3 is 5.97 Å². The number of hydrogen-bond acceptors (Lipinski definition) is 5. The average Bonchev–Trinajstić information content (AvgIpc) is 2.16. The summed E-state index contributed by atoms with van der Waals surface area (Å²) < 4.78 is 0. The molecule has 0 saturated carbocycles. The number of carboxylic acid groups (broad SMARTS) is 1. The number of thiocarbonyl (C=S) groups is 1. The number of rotatable bonds is 2. The van der Waals surface area contributed by atoms with E-state index in [0.29, 0.717) is 18.7 Å². The molecule has 13 heavy (non-hydrogen) atoms. The number of aliphatic carboxylic acids is 1. The highest BCUT2D eigenvalue weighted by atomic mass is 32.1. The molecule has 1 aliphatic rings. The van der Waals surface area contributed by atoms with Crippen LogP contribution in [-0.2, 0) is 4.79 Å². The van der Waals surface area contributed by atoms with Gasteiger partial charge in [0.15, 0.2) is 0 Å². The minimum Gasteiger partial charge on any atom is -0.481 e. The molecule has 0 aromatic heterocycles. The van der Waals surface area contributed by atoms with Crippen LogP contribution in [0.15, 0.2) is 5.70 Å². The van der Waals surface area contributed by atoms with E-state index in [1.807, 2.05) is 0 Å². The summed E-state index contributed by atoms with van der Waals surface area (Å²) in [5.74, 6) is 3.74. The van der Waals surface area contributed by atoms with Crippen LogP contribution in [0.1, 0.15) is 12.8 Å². The van der Waals surface area contributed by atoms with E-state index in [4.69, 9.17) is 10.9 Å². The smallest absolute Gasteiger partial charge is 0.313 e. The second-order valence-electron chi connectivity index (χ2n) is 2.80. The van der Waals surface area contributed by atoms with E-state index >= 15 is 0 Å². The second-order valence-corrected chi connectivity index (χ2v) is 3.01. The normalized spacial score (nSPS) is 22.7. The molecule has 0 aromatic carbocycles. The fourth-order valence-corrected chi connectivity index (χ4v) is 1.65. The van der Waals surface area contributed by atoms with Gasteiger partial charge in [0.25, 0.3) is 0 Å². The van der Waals surface area contributed by atoms with Gasteiger partial charge < -0.3 is 5.11 Å². The first-order chi connectivity index (χ1) is 6.20. The third kappa shape index (κ3) is 2.05. The molecule has 0 radical (unpaired) electrons. The van der Waals surface area contributed by atoms with Crippen LogP contribution in [-0.4, -0.2) is 27.7 Å². The van der Waals surface area contributed by atoms with Gasteiger partial charge in [-0.2, -0.15) is 5.53 Å². The predicted octanol–water partition coefficient (Wildman–Crippen LogP) is -0.356. The van der Waals surface area contributed by atoms with E-state index in [1.165, 1.54) is 5.01 Å². The zero-order valence-electron chi connectivity index (χ0n) is 6.99. The number of piperidine rings is 1. The maximum Gasteiger partial charge on any atom is 0.313 e.